The highest BCUT2D eigenvalue weighted by atomic mass is 32.3. The van der Waals surface area contributed by atoms with Crippen LogP contribution in [-0.2, 0) is 23.9 Å². The van der Waals surface area contributed by atoms with E-state index in [4.69, 9.17) is 0 Å². The van der Waals surface area contributed by atoms with Gasteiger partial charge in [-0.05, 0) is 6.42 Å². The largest absolute Gasteiger partial charge is 0.281 e. The average Bonchev–Trinajstić information content (AvgIpc) is 1.55. The minimum atomic E-state index is -3.89. The molecule has 0 bridgehead atoms. The zero-order chi connectivity index (χ0) is 9.12. The second-order valence-corrected chi connectivity index (χ2v) is 5.51. The topological polar surface area (TPSA) is 77.5 Å². The van der Waals surface area contributed by atoms with Gasteiger partial charge < -0.3 is 0 Å². The Kier molecular flexibility index (Phi) is 3.46. The van der Waals surface area contributed by atoms with Gasteiger partial charge in [0.1, 0.15) is 0 Å². The smallest absolute Gasteiger partial charge is 0.199 e. The maximum atomic E-state index is 10.6. The van der Waals surface area contributed by atoms with Gasteiger partial charge in [0.25, 0.3) is 20.2 Å². The van der Waals surface area contributed by atoms with E-state index < -0.39 is 20.2 Å². The fraction of sp³-hybridized carbons (Fsp3) is 1.00. The Bertz CT molecular complexity index is 297. The summed E-state index contributed by atoms with van der Waals surface area (Å²) in [6.07, 6.45) is 1.03. The number of rotatable bonds is 4. The van der Waals surface area contributed by atoms with Gasteiger partial charge in [-0.3, -0.25) is 0 Å². The molecule has 0 aliphatic rings. The van der Waals surface area contributed by atoms with Crippen LogP contribution in [0.4, 0.5) is 0 Å². The summed E-state index contributed by atoms with van der Waals surface area (Å²) in [5, 5.41) is 0. The van der Waals surface area contributed by atoms with E-state index in [-0.39, 0.29) is 5.75 Å². The second-order valence-electron chi connectivity index (χ2n) is 2.03. The Labute approximate surface area is 66.6 Å². The van der Waals surface area contributed by atoms with Crippen LogP contribution in [0.1, 0.15) is 13.3 Å². The highest BCUT2D eigenvalue weighted by molar-refractivity contribution is 7.99. The molecular formula is C4H10O5S2. The zero-order valence-corrected chi connectivity index (χ0v) is 7.90. The first-order chi connectivity index (χ1) is 4.77. The minimum absolute atomic E-state index is 0.278. The fourth-order valence-corrected chi connectivity index (χ4v) is 2.75. The maximum Gasteiger partial charge on any atom is 0.281 e. The molecule has 0 radical (unpaired) electrons. The Morgan fingerprint density at radius 1 is 1.18 bits per heavy atom. The molecule has 11 heavy (non-hydrogen) atoms. The molecule has 0 amide bonds. The molecule has 0 aromatic heterocycles. The van der Waals surface area contributed by atoms with Gasteiger partial charge in [0.15, 0.2) is 0 Å². The lowest BCUT2D eigenvalue weighted by Crippen LogP contribution is -2.14. The predicted molar refractivity (Wildman–Crippen MR) is 40.0 cm³/mol. The molecule has 0 saturated carbocycles. The molecule has 7 heteroatoms. The van der Waals surface area contributed by atoms with Crippen LogP contribution in [0.2, 0.25) is 0 Å². The maximum absolute atomic E-state index is 10.6. The van der Waals surface area contributed by atoms with Gasteiger partial charge in [0.2, 0.25) is 0 Å². The predicted octanol–water partition coefficient (Wildman–Crippen LogP) is -0.298. The van der Waals surface area contributed by atoms with Crippen molar-refractivity contribution in [1.29, 1.82) is 0 Å². The van der Waals surface area contributed by atoms with Crippen molar-refractivity contribution in [1.82, 2.24) is 0 Å². The first kappa shape index (κ1) is 10.9. The lowest BCUT2D eigenvalue weighted by Gasteiger charge is -1.99. The standard InChI is InChI=1S/C4H10O5S2/c1-3-4-11(7,8)9-10(2,5)6/h3-4H2,1-2H3. The van der Waals surface area contributed by atoms with E-state index in [1.807, 2.05) is 0 Å². The Morgan fingerprint density at radius 3 is 1.91 bits per heavy atom. The van der Waals surface area contributed by atoms with Crippen molar-refractivity contribution < 1.29 is 20.5 Å². The van der Waals surface area contributed by atoms with Crippen LogP contribution in [0, 0.1) is 0 Å². The van der Waals surface area contributed by atoms with Crippen molar-refractivity contribution in [3.05, 3.63) is 0 Å². The van der Waals surface area contributed by atoms with Crippen molar-refractivity contribution >= 4 is 20.2 Å². The molecule has 68 valence electrons. The lowest BCUT2D eigenvalue weighted by atomic mass is 10.6. The van der Waals surface area contributed by atoms with Gasteiger partial charge >= 0.3 is 0 Å². The van der Waals surface area contributed by atoms with E-state index in [1.54, 1.807) is 6.92 Å². The first-order valence-electron chi connectivity index (χ1n) is 2.90. The van der Waals surface area contributed by atoms with Gasteiger partial charge in [0, 0.05) is 0 Å². The molecule has 5 nitrogen and oxygen atoms in total. The van der Waals surface area contributed by atoms with E-state index >= 15 is 0 Å². The van der Waals surface area contributed by atoms with E-state index in [2.05, 4.69) is 3.63 Å². The summed E-state index contributed by atoms with van der Waals surface area (Å²) in [6, 6.07) is 0. The molecule has 0 fully saturated rings. The third-order valence-electron chi connectivity index (χ3n) is 0.681. The van der Waals surface area contributed by atoms with E-state index in [9.17, 15) is 16.8 Å². The van der Waals surface area contributed by atoms with Gasteiger partial charge in [-0.15, -0.1) is 3.63 Å². The lowest BCUT2D eigenvalue weighted by molar-refractivity contribution is 0.466. The van der Waals surface area contributed by atoms with Crippen molar-refractivity contribution in [3.63, 3.8) is 0 Å². The van der Waals surface area contributed by atoms with E-state index in [1.165, 1.54) is 0 Å². The first-order valence-corrected chi connectivity index (χ1v) is 6.30. The van der Waals surface area contributed by atoms with Crippen LogP contribution in [0.5, 0.6) is 0 Å². The summed E-state index contributed by atoms with van der Waals surface area (Å²) in [5.41, 5.74) is 0. The summed E-state index contributed by atoms with van der Waals surface area (Å²) in [7, 11) is -7.77. The minimum Gasteiger partial charge on any atom is -0.199 e. The molecule has 0 N–H and O–H groups in total. The van der Waals surface area contributed by atoms with Gasteiger partial charge in [-0.2, -0.15) is 16.8 Å². The molecule has 0 aromatic carbocycles. The van der Waals surface area contributed by atoms with Crippen molar-refractivity contribution in [3.8, 4) is 0 Å². The Hall–Kier alpha value is -0.140. The van der Waals surface area contributed by atoms with Crippen LogP contribution in [0.15, 0.2) is 0 Å². The second kappa shape index (κ2) is 3.51. The highest BCUT2D eigenvalue weighted by Gasteiger charge is 2.16. The summed E-state index contributed by atoms with van der Waals surface area (Å²) >= 11 is 0. The zero-order valence-electron chi connectivity index (χ0n) is 6.27. The monoisotopic (exact) mass is 202 g/mol. The SMILES string of the molecule is CCCS(=O)(=O)OS(C)(=O)=O. The molecule has 0 aliphatic heterocycles. The molecular weight excluding hydrogens is 192 g/mol. The molecule has 0 aromatic rings. The van der Waals surface area contributed by atoms with Crippen LogP contribution >= 0.6 is 0 Å². The summed E-state index contributed by atoms with van der Waals surface area (Å²) in [4.78, 5) is 0. The molecule has 0 heterocycles. The van der Waals surface area contributed by atoms with Crippen LogP contribution in [0.25, 0.3) is 0 Å². The van der Waals surface area contributed by atoms with Gasteiger partial charge in [-0.25, -0.2) is 0 Å². The summed E-state index contributed by atoms with van der Waals surface area (Å²) < 4.78 is 45.7. The molecule has 0 unspecified atom stereocenters. The van der Waals surface area contributed by atoms with Gasteiger partial charge in [-0.1, -0.05) is 6.92 Å². The van der Waals surface area contributed by atoms with Crippen molar-refractivity contribution in [2.75, 3.05) is 12.0 Å². The van der Waals surface area contributed by atoms with Crippen molar-refractivity contribution in [2.45, 2.75) is 13.3 Å². The Morgan fingerprint density at radius 2 is 1.64 bits per heavy atom. The molecule has 0 spiro atoms. The molecule has 0 rings (SSSR count). The third kappa shape index (κ3) is 6.27. The fourth-order valence-electron chi connectivity index (χ4n) is 0.472. The summed E-state index contributed by atoms with van der Waals surface area (Å²) in [6.45, 7) is 1.61. The Balaban J connectivity index is 4.40. The van der Waals surface area contributed by atoms with Crippen molar-refractivity contribution in [2.24, 2.45) is 0 Å². The third-order valence-corrected chi connectivity index (χ3v) is 3.41. The normalized spacial score (nSPS) is 13.3. The molecule has 0 aliphatic carbocycles. The van der Waals surface area contributed by atoms with E-state index in [0.717, 1.165) is 0 Å². The summed E-state index contributed by atoms with van der Waals surface area (Å²) in [5.74, 6) is -0.278. The van der Waals surface area contributed by atoms with Crippen LogP contribution < -0.4 is 0 Å². The highest BCUT2D eigenvalue weighted by Crippen LogP contribution is 2.00. The van der Waals surface area contributed by atoms with Crippen LogP contribution in [-0.4, -0.2) is 28.8 Å². The average molecular weight is 202 g/mol. The quantitative estimate of drug-likeness (QED) is 0.625. The molecule has 0 atom stereocenters. The van der Waals surface area contributed by atoms with Gasteiger partial charge in [0.05, 0.1) is 12.0 Å². The van der Waals surface area contributed by atoms with E-state index in [0.29, 0.717) is 12.7 Å². The van der Waals surface area contributed by atoms with Crippen LogP contribution in [0.3, 0.4) is 0 Å². The molecule has 0 saturated heterocycles. The number of hydrogen-bond acceptors (Lipinski definition) is 5. The number of hydrogen-bond donors (Lipinski definition) is 0.